The first-order valence-electron chi connectivity index (χ1n) is 7.48. The molecular formula is C18H15NO5S. The van der Waals surface area contributed by atoms with Gasteiger partial charge in [-0.25, -0.2) is 13.2 Å². The molecule has 2 aromatic rings. The van der Waals surface area contributed by atoms with Crippen LogP contribution in [0.1, 0.15) is 15.9 Å². The number of hydrogen-bond donors (Lipinski definition) is 1. The second-order valence-electron chi connectivity index (χ2n) is 5.32. The van der Waals surface area contributed by atoms with Gasteiger partial charge in [-0.1, -0.05) is 42.5 Å². The standard InChI is InChI=1S/C18H15NO5S/c1-19-18(21)24-11-15-16(12-7-3-2-4-8-12)17(20)13-9-5-6-10-14(13)25(15,22)23/h2-10H,11H2,1H3,(H,19,21). The van der Waals surface area contributed by atoms with Crippen molar-refractivity contribution >= 4 is 27.3 Å². The number of carbonyl (C=O) groups is 2. The molecule has 1 N–H and O–H groups in total. The number of hydrogen-bond acceptors (Lipinski definition) is 5. The number of alkyl carbamates (subject to hydrolysis) is 1. The monoisotopic (exact) mass is 357 g/mol. The molecule has 0 fully saturated rings. The van der Waals surface area contributed by atoms with Crippen molar-refractivity contribution in [2.75, 3.05) is 13.7 Å². The Morgan fingerprint density at radius 2 is 1.68 bits per heavy atom. The predicted molar refractivity (Wildman–Crippen MR) is 91.7 cm³/mol. The molecule has 0 unspecified atom stereocenters. The lowest BCUT2D eigenvalue weighted by Crippen LogP contribution is -2.27. The molecule has 0 atom stereocenters. The number of carbonyl (C=O) groups excluding carboxylic acids is 2. The number of Topliss-reactive ketones (excluding diaryl/α,β-unsaturated/α-hetero) is 1. The van der Waals surface area contributed by atoms with Crippen molar-refractivity contribution in [2.24, 2.45) is 0 Å². The van der Waals surface area contributed by atoms with E-state index in [1.807, 2.05) is 0 Å². The lowest BCUT2D eigenvalue weighted by molar-refractivity contribution is 0.105. The molecule has 1 heterocycles. The van der Waals surface area contributed by atoms with Crippen LogP contribution in [0, 0.1) is 0 Å². The molecule has 1 amide bonds. The molecule has 128 valence electrons. The van der Waals surface area contributed by atoms with E-state index in [1.54, 1.807) is 42.5 Å². The molecule has 1 aliphatic rings. The van der Waals surface area contributed by atoms with Gasteiger partial charge in [0.15, 0.2) is 5.78 Å². The third kappa shape index (κ3) is 2.94. The van der Waals surface area contributed by atoms with Crippen molar-refractivity contribution in [3.05, 3.63) is 70.6 Å². The van der Waals surface area contributed by atoms with Crippen LogP contribution < -0.4 is 5.32 Å². The zero-order valence-corrected chi connectivity index (χ0v) is 14.2. The van der Waals surface area contributed by atoms with Crippen LogP contribution in [-0.4, -0.2) is 33.9 Å². The molecule has 0 saturated heterocycles. The van der Waals surface area contributed by atoms with Gasteiger partial charge in [-0.05, 0) is 17.7 Å². The largest absolute Gasteiger partial charge is 0.444 e. The minimum atomic E-state index is -3.96. The lowest BCUT2D eigenvalue weighted by Gasteiger charge is -2.22. The highest BCUT2D eigenvalue weighted by Gasteiger charge is 2.38. The first-order chi connectivity index (χ1) is 12.0. The molecule has 0 saturated carbocycles. The van der Waals surface area contributed by atoms with Gasteiger partial charge < -0.3 is 10.1 Å². The average Bonchev–Trinajstić information content (AvgIpc) is 2.64. The smallest absolute Gasteiger partial charge is 0.407 e. The Bertz CT molecular complexity index is 978. The van der Waals surface area contributed by atoms with Crippen LogP contribution in [0.15, 0.2) is 64.4 Å². The van der Waals surface area contributed by atoms with Crippen LogP contribution in [-0.2, 0) is 14.6 Å². The minimum absolute atomic E-state index is 0.0307. The van der Waals surface area contributed by atoms with Gasteiger partial charge in [-0.3, -0.25) is 4.79 Å². The number of sulfone groups is 1. The van der Waals surface area contributed by atoms with E-state index in [4.69, 9.17) is 4.74 Å². The molecule has 3 rings (SSSR count). The average molecular weight is 357 g/mol. The van der Waals surface area contributed by atoms with E-state index in [0.29, 0.717) is 5.56 Å². The number of benzene rings is 2. The first-order valence-corrected chi connectivity index (χ1v) is 8.97. The summed E-state index contributed by atoms with van der Waals surface area (Å²) in [6, 6.07) is 14.5. The fourth-order valence-corrected chi connectivity index (χ4v) is 4.33. The molecule has 0 aromatic heterocycles. The van der Waals surface area contributed by atoms with Gasteiger partial charge in [0.2, 0.25) is 9.84 Å². The zero-order valence-electron chi connectivity index (χ0n) is 13.4. The van der Waals surface area contributed by atoms with Gasteiger partial charge in [-0.2, -0.15) is 0 Å². The second kappa shape index (κ2) is 6.52. The highest BCUT2D eigenvalue weighted by Crippen LogP contribution is 2.37. The Kier molecular flexibility index (Phi) is 4.41. The minimum Gasteiger partial charge on any atom is -0.444 e. The molecule has 0 aliphatic carbocycles. The predicted octanol–water partition coefficient (Wildman–Crippen LogP) is 2.42. The van der Waals surface area contributed by atoms with Crippen LogP contribution >= 0.6 is 0 Å². The number of nitrogens with one attached hydrogen (secondary N) is 1. The van der Waals surface area contributed by atoms with E-state index in [9.17, 15) is 18.0 Å². The highest BCUT2D eigenvalue weighted by atomic mass is 32.2. The van der Waals surface area contributed by atoms with Crippen molar-refractivity contribution < 1.29 is 22.7 Å². The summed E-state index contributed by atoms with van der Waals surface area (Å²) in [6.45, 7) is -0.522. The van der Waals surface area contributed by atoms with Gasteiger partial charge in [-0.15, -0.1) is 0 Å². The molecule has 2 aromatic carbocycles. The van der Waals surface area contributed by atoms with Crippen molar-refractivity contribution in [3.8, 4) is 0 Å². The zero-order chi connectivity index (χ0) is 18.0. The maximum absolute atomic E-state index is 13.0. The second-order valence-corrected chi connectivity index (χ2v) is 7.26. The van der Waals surface area contributed by atoms with Crippen LogP contribution in [0.2, 0.25) is 0 Å². The Balaban J connectivity index is 2.24. The number of ketones is 1. The summed E-state index contributed by atoms with van der Waals surface area (Å²) >= 11 is 0. The molecule has 0 spiro atoms. The maximum atomic E-state index is 13.0. The van der Waals surface area contributed by atoms with Gasteiger partial charge in [0.05, 0.1) is 9.80 Å². The summed E-state index contributed by atoms with van der Waals surface area (Å²) in [5.41, 5.74) is 0.606. The number of fused-ring (bicyclic) bond motifs is 1. The Morgan fingerprint density at radius 3 is 2.36 bits per heavy atom. The summed E-state index contributed by atoms with van der Waals surface area (Å²) in [5.74, 6) is -0.410. The van der Waals surface area contributed by atoms with E-state index in [-0.39, 0.29) is 20.9 Å². The number of allylic oxidation sites excluding steroid dienone is 1. The fourth-order valence-electron chi connectivity index (χ4n) is 2.67. The summed E-state index contributed by atoms with van der Waals surface area (Å²) in [6.07, 6.45) is -0.776. The molecule has 7 heteroatoms. The number of amides is 1. The SMILES string of the molecule is CNC(=O)OCC1=C(c2ccccc2)C(=O)c2ccccc2S1(=O)=O. The van der Waals surface area contributed by atoms with Crippen LogP contribution in [0.25, 0.3) is 5.57 Å². The van der Waals surface area contributed by atoms with E-state index in [2.05, 4.69) is 5.32 Å². The quantitative estimate of drug-likeness (QED) is 0.911. The lowest BCUT2D eigenvalue weighted by atomic mass is 9.96. The normalized spacial score (nSPS) is 15.5. The summed E-state index contributed by atoms with van der Waals surface area (Å²) < 4.78 is 31.0. The van der Waals surface area contributed by atoms with Gasteiger partial charge in [0, 0.05) is 18.2 Å². The number of ether oxygens (including phenoxy) is 1. The molecule has 0 bridgehead atoms. The number of rotatable bonds is 3. The Morgan fingerprint density at radius 1 is 1.04 bits per heavy atom. The highest BCUT2D eigenvalue weighted by molar-refractivity contribution is 7.95. The molecule has 25 heavy (non-hydrogen) atoms. The van der Waals surface area contributed by atoms with Crippen molar-refractivity contribution in [1.82, 2.24) is 5.32 Å². The fraction of sp³-hybridized carbons (Fsp3) is 0.111. The molecule has 0 radical (unpaired) electrons. The van der Waals surface area contributed by atoms with Crippen LogP contribution in [0.5, 0.6) is 0 Å². The van der Waals surface area contributed by atoms with Crippen molar-refractivity contribution in [2.45, 2.75) is 4.90 Å². The summed E-state index contributed by atoms with van der Waals surface area (Å²) in [4.78, 5) is 24.1. The third-order valence-electron chi connectivity index (χ3n) is 3.85. The van der Waals surface area contributed by atoms with E-state index in [1.165, 1.54) is 19.2 Å². The maximum Gasteiger partial charge on any atom is 0.407 e. The van der Waals surface area contributed by atoms with Crippen LogP contribution in [0.4, 0.5) is 4.79 Å². The van der Waals surface area contributed by atoms with E-state index < -0.39 is 28.3 Å². The molecule has 6 nitrogen and oxygen atoms in total. The van der Waals surface area contributed by atoms with E-state index >= 15 is 0 Å². The van der Waals surface area contributed by atoms with Crippen molar-refractivity contribution in [3.63, 3.8) is 0 Å². The molecule has 1 aliphatic heterocycles. The Labute approximate surface area is 145 Å². The van der Waals surface area contributed by atoms with Crippen molar-refractivity contribution in [1.29, 1.82) is 0 Å². The van der Waals surface area contributed by atoms with Gasteiger partial charge in [0.25, 0.3) is 0 Å². The Hall–Kier alpha value is -2.93. The first kappa shape index (κ1) is 16.9. The van der Waals surface area contributed by atoms with Gasteiger partial charge in [0.1, 0.15) is 6.61 Å². The third-order valence-corrected chi connectivity index (χ3v) is 5.76. The summed E-state index contributed by atoms with van der Waals surface area (Å²) in [7, 11) is -2.60. The topological polar surface area (TPSA) is 89.5 Å². The molecular weight excluding hydrogens is 342 g/mol. The summed E-state index contributed by atoms with van der Waals surface area (Å²) in [5, 5.41) is 2.25. The van der Waals surface area contributed by atoms with Crippen LogP contribution in [0.3, 0.4) is 0 Å². The van der Waals surface area contributed by atoms with Gasteiger partial charge >= 0.3 is 6.09 Å². The van der Waals surface area contributed by atoms with E-state index in [0.717, 1.165) is 0 Å².